The zero-order valence-electron chi connectivity index (χ0n) is 14.6. The standard InChI is InChI=1S/C24H17N3/c1-2-9-17(10-3-1)24-23(18-11-4-5-12-19(18)27-24)22-15-8-14-21(26-22)20-13-6-7-16-25-20/h1-16,27H. The topological polar surface area (TPSA) is 41.6 Å². The van der Waals surface area contributed by atoms with E-state index in [1.807, 2.05) is 36.4 Å². The fraction of sp³-hybridized carbons (Fsp3) is 0. The highest BCUT2D eigenvalue weighted by Gasteiger charge is 2.16. The van der Waals surface area contributed by atoms with E-state index in [4.69, 9.17) is 4.98 Å². The molecule has 3 nitrogen and oxygen atoms in total. The Morgan fingerprint density at radius 1 is 0.593 bits per heavy atom. The van der Waals surface area contributed by atoms with Crippen LogP contribution in [0.2, 0.25) is 0 Å². The zero-order chi connectivity index (χ0) is 18.1. The smallest absolute Gasteiger partial charge is 0.0893 e. The SMILES string of the molecule is c1ccc(-c2[nH]c3ccccc3c2-c2cccc(-c3ccccn3)n2)cc1. The average Bonchev–Trinajstić information content (AvgIpc) is 3.15. The Hall–Kier alpha value is -3.72. The molecule has 0 amide bonds. The first-order valence-corrected chi connectivity index (χ1v) is 8.95. The van der Waals surface area contributed by atoms with E-state index in [1.54, 1.807) is 6.20 Å². The van der Waals surface area contributed by atoms with Gasteiger partial charge in [-0.05, 0) is 35.9 Å². The first kappa shape index (κ1) is 15.5. The molecule has 0 aliphatic heterocycles. The summed E-state index contributed by atoms with van der Waals surface area (Å²) in [5.41, 5.74) is 7.15. The van der Waals surface area contributed by atoms with E-state index < -0.39 is 0 Å². The zero-order valence-corrected chi connectivity index (χ0v) is 14.6. The molecule has 3 heterocycles. The van der Waals surface area contributed by atoms with Crippen molar-refractivity contribution in [2.75, 3.05) is 0 Å². The van der Waals surface area contributed by atoms with Crippen LogP contribution in [-0.2, 0) is 0 Å². The van der Waals surface area contributed by atoms with Crippen molar-refractivity contribution in [1.82, 2.24) is 15.0 Å². The van der Waals surface area contributed by atoms with Gasteiger partial charge in [-0.2, -0.15) is 0 Å². The summed E-state index contributed by atoms with van der Waals surface area (Å²) in [4.78, 5) is 13.0. The molecule has 128 valence electrons. The molecule has 1 N–H and O–H groups in total. The van der Waals surface area contributed by atoms with Crippen LogP contribution in [0.4, 0.5) is 0 Å². The van der Waals surface area contributed by atoms with Gasteiger partial charge in [-0.15, -0.1) is 0 Å². The highest BCUT2D eigenvalue weighted by Crippen LogP contribution is 2.37. The van der Waals surface area contributed by atoms with E-state index in [9.17, 15) is 0 Å². The second kappa shape index (κ2) is 6.54. The van der Waals surface area contributed by atoms with Gasteiger partial charge in [0.1, 0.15) is 0 Å². The Labute approximate surface area is 157 Å². The van der Waals surface area contributed by atoms with Gasteiger partial charge in [-0.3, -0.25) is 4.98 Å². The third kappa shape index (κ3) is 2.79. The van der Waals surface area contributed by atoms with Crippen molar-refractivity contribution < 1.29 is 0 Å². The molecule has 0 radical (unpaired) electrons. The molecule has 0 atom stereocenters. The number of aromatic amines is 1. The molecule has 0 saturated heterocycles. The number of rotatable bonds is 3. The van der Waals surface area contributed by atoms with E-state index >= 15 is 0 Å². The van der Waals surface area contributed by atoms with Gasteiger partial charge in [0.15, 0.2) is 0 Å². The van der Waals surface area contributed by atoms with E-state index in [0.717, 1.165) is 39.4 Å². The molecule has 0 bridgehead atoms. The van der Waals surface area contributed by atoms with Gasteiger partial charge in [0.25, 0.3) is 0 Å². The summed E-state index contributed by atoms with van der Waals surface area (Å²) < 4.78 is 0. The fourth-order valence-corrected chi connectivity index (χ4v) is 3.46. The third-order valence-corrected chi connectivity index (χ3v) is 4.70. The maximum atomic E-state index is 4.94. The van der Waals surface area contributed by atoms with Crippen LogP contribution in [0.3, 0.4) is 0 Å². The summed E-state index contributed by atoms with van der Waals surface area (Å²) in [5.74, 6) is 0. The number of aromatic nitrogens is 3. The quantitative estimate of drug-likeness (QED) is 0.437. The second-order valence-electron chi connectivity index (χ2n) is 6.41. The van der Waals surface area contributed by atoms with Gasteiger partial charge in [0.2, 0.25) is 0 Å². The van der Waals surface area contributed by atoms with Crippen molar-refractivity contribution >= 4 is 10.9 Å². The Kier molecular flexibility index (Phi) is 3.76. The van der Waals surface area contributed by atoms with Crippen LogP contribution in [0.25, 0.3) is 44.8 Å². The molecule has 5 rings (SSSR count). The minimum atomic E-state index is 0.873. The van der Waals surface area contributed by atoms with Crippen LogP contribution >= 0.6 is 0 Å². The predicted molar refractivity (Wildman–Crippen MR) is 110 cm³/mol. The summed E-state index contributed by atoms with van der Waals surface area (Å²) in [5, 5.41) is 1.17. The summed E-state index contributed by atoms with van der Waals surface area (Å²) in [7, 11) is 0. The van der Waals surface area contributed by atoms with Crippen molar-refractivity contribution in [3.05, 3.63) is 97.2 Å². The molecule has 5 aromatic rings. The van der Waals surface area contributed by atoms with E-state index in [2.05, 4.69) is 64.6 Å². The van der Waals surface area contributed by atoms with Gasteiger partial charge < -0.3 is 4.98 Å². The largest absolute Gasteiger partial charge is 0.354 e. The lowest BCUT2D eigenvalue weighted by Crippen LogP contribution is -1.91. The third-order valence-electron chi connectivity index (χ3n) is 4.70. The van der Waals surface area contributed by atoms with Crippen molar-refractivity contribution in [3.8, 4) is 33.9 Å². The summed E-state index contributed by atoms with van der Waals surface area (Å²) in [6, 6.07) is 30.8. The van der Waals surface area contributed by atoms with E-state index in [1.165, 1.54) is 5.39 Å². The first-order valence-electron chi connectivity index (χ1n) is 8.95. The molecule has 0 aliphatic carbocycles. The first-order chi connectivity index (χ1) is 13.4. The monoisotopic (exact) mass is 347 g/mol. The normalized spacial score (nSPS) is 11.0. The Morgan fingerprint density at radius 3 is 2.19 bits per heavy atom. The van der Waals surface area contributed by atoms with Crippen molar-refractivity contribution in [2.45, 2.75) is 0 Å². The Bertz CT molecular complexity index is 1210. The highest BCUT2D eigenvalue weighted by molar-refractivity contribution is 6.03. The van der Waals surface area contributed by atoms with Crippen LogP contribution in [0.15, 0.2) is 97.2 Å². The van der Waals surface area contributed by atoms with Crippen molar-refractivity contribution in [3.63, 3.8) is 0 Å². The number of pyridine rings is 2. The number of para-hydroxylation sites is 1. The van der Waals surface area contributed by atoms with E-state index in [0.29, 0.717) is 0 Å². The van der Waals surface area contributed by atoms with Crippen molar-refractivity contribution in [1.29, 1.82) is 0 Å². The highest BCUT2D eigenvalue weighted by atomic mass is 14.8. The molecule has 3 heteroatoms. The van der Waals surface area contributed by atoms with Crippen LogP contribution in [-0.4, -0.2) is 15.0 Å². The molecule has 27 heavy (non-hydrogen) atoms. The number of nitrogens with zero attached hydrogens (tertiary/aromatic N) is 2. The van der Waals surface area contributed by atoms with Gasteiger partial charge in [0.05, 0.1) is 22.8 Å². The lowest BCUT2D eigenvalue weighted by Gasteiger charge is -2.07. The summed E-state index contributed by atoms with van der Waals surface area (Å²) in [6.45, 7) is 0. The second-order valence-corrected chi connectivity index (χ2v) is 6.41. The number of benzene rings is 2. The van der Waals surface area contributed by atoms with Crippen LogP contribution in [0.5, 0.6) is 0 Å². The molecule has 2 aromatic carbocycles. The maximum absolute atomic E-state index is 4.94. The lowest BCUT2D eigenvalue weighted by molar-refractivity contribution is 1.25. The Morgan fingerprint density at radius 2 is 1.33 bits per heavy atom. The maximum Gasteiger partial charge on any atom is 0.0893 e. The van der Waals surface area contributed by atoms with Gasteiger partial charge >= 0.3 is 0 Å². The molecule has 0 aliphatic rings. The molecule has 0 saturated carbocycles. The number of hydrogen-bond acceptors (Lipinski definition) is 2. The average molecular weight is 347 g/mol. The van der Waals surface area contributed by atoms with Gasteiger partial charge in [-0.1, -0.05) is 60.7 Å². The Balaban J connectivity index is 1.76. The van der Waals surface area contributed by atoms with Crippen LogP contribution in [0.1, 0.15) is 0 Å². The predicted octanol–water partition coefficient (Wildman–Crippen LogP) is 5.96. The molecular weight excluding hydrogens is 330 g/mol. The van der Waals surface area contributed by atoms with Gasteiger partial charge in [0, 0.05) is 22.7 Å². The molecule has 0 fully saturated rings. The number of fused-ring (bicyclic) bond motifs is 1. The number of hydrogen-bond donors (Lipinski definition) is 1. The molecule has 0 unspecified atom stereocenters. The molecular formula is C24H17N3. The van der Waals surface area contributed by atoms with Crippen LogP contribution in [0, 0.1) is 0 Å². The molecule has 0 spiro atoms. The molecule has 3 aromatic heterocycles. The minimum Gasteiger partial charge on any atom is -0.354 e. The van der Waals surface area contributed by atoms with Crippen molar-refractivity contribution in [2.24, 2.45) is 0 Å². The van der Waals surface area contributed by atoms with Crippen LogP contribution < -0.4 is 0 Å². The summed E-state index contributed by atoms with van der Waals surface area (Å²) in [6.07, 6.45) is 1.80. The minimum absolute atomic E-state index is 0.873. The number of nitrogens with one attached hydrogen (secondary N) is 1. The fourth-order valence-electron chi connectivity index (χ4n) is 3.46. The van der Waals surface area contributed by atoms with E-state index in [-0.39, 0.29) is 0 Å². The summed E-state index contributed by atoms with van der Waals surface area (Å²) >= 11 is 0. The number of H-pyrrole nitrogens is 1. The lowest BCUT2D eigenvalue weighted by atomic mass is 10.0. The van der Waals surface area contributed by atoms with Gasteiger partial charge in [-0.25, -0.2) is 4.98 Å².